The molecule has 0 spiro atoms. The van der Waals surface area contributed by atoms with Crippen molar-refractivity contribution in [2.24, 2.45) is 17.4 Å². The van der Waals surface area contributed by atoms with E-state index < -0.39 is 108 Å². The van der Waals surface area contributed by atoms with Crippen LogP contribution in [0.25, 0.3) is 10.9 Å². The van der Waals surface area contributed by atoms with Crippen LogP contribution in [0.1, 0.15) is 58.1 Å². The lowest BCUT2D eigenvalue weighted by molar-refractivity contribution is -0.142. The fraction of sp³-hybridized carbons (Fsp3) is 0.500. The minimum atomic E-state index is -1.64. The normalized spacial score (nSPS) is 25.7. The number of aliphatic hydroxyl groups excluding tert-OH is 1. The Morgan fingerprint density at radius 1 is 0.682 bits per heavy atom. The van der Waals surface area contributed by atoms with E-state index in [9.17, 15) is 48.6 Å². The number of unbranched alkanes of at least 4 members (excludes halogenated alkanes) is 1. The number of rotatable bonds is 11. The first-order valence-electron chi connectivity index (χ1n) is 21.7. The lowest BCUT2D eigenvalue weighted by Gasteiger charge is -2.29. The van der Waals surface area contributed by atoms with Gasteiger partial charge >= 0.3 is 5.97 Å². The van der Waals surface area contributed by atoms with Crippen molar-refractivity contribution in [1.82, 2.24) is 42.2 Å². The smallest absolute Gasteiger partial charge is 0.327 e. The van der Waals surface area contributed by atoms with Gasteiger partial charge in [-0.1, -0.05) is 84.0 Å². The summed E-state index contributed by atoms with van der Waals surface area (Å²) in [5.41, 5.74) is 14.1. The second-order valence-corrected chi connectivity index (χ2v) is 19.0. The Balaban J connectivity index is 1.72. The molecule has 2 heterocycles. The van der Waals surface area contributed by atoms with E-state index >= 15 is 0 Å². The number of fused-ring (bicyclic) bond motifs is 1. The average molecular weight is 955 g/mol. The topological polar surface area (TPSA) is 329 Å². The molecule has 1 fully saturated rings. The first-order chi connectivity index (χ1) is 31.4. The van der Waals surface area contributed by atoms with Crippen LogP contribution in [0.15, 0.2) is 60.8 Å². The number of carboxylic acid groups (broad SMARTS) is 1. The molecule has 20 nitrogen and oxygen atoms in total. The minimum Gasteiger partial charge on any atom is -0.480 e. The molecule has 9 atom stereocenters. The van der Waals surface area contributed by atoms with Gasteiger partial charge in [0.1, 0.15) is 42.3 Å². The molecule has 1 aliphatic rings. The van der Waals surface area contributed by atoms with Crippen molar-refractivity contribution in [3.05, 3.63) is 71.9 Å². The van der Waals surface area contributed by atoms with Gasteiger partial charge in [-0.3, -0.25) is 33.6 Å². The molecule has 0 saturated carbocycles. The number of nitrogens with one attached hydrogen (secondary N) is 8. The summed E-state index contributed by atoms with van der Waals surface area (Å²) >= 11 is 0. The molecule has 0 unspecified atom stereocenters. The van der Waals surface area contributed by atoms with Crippen molar-refractivity contribution >= 4 is 79.8 Å². The number of benzene rings is 2. The molecule has 1 saturated heterocycles. The van der Waals surface area contributed by atoms with Gasteiger partial charge in [0, 0.05) is 41.4 Å². The molecule has 0 bridgehead atoms. The zero-order valence-electron chi connectivity index (χ0n) is 37.3. The van der Waals surface area contributed by atoms with Gasteiger partial charge in [0.05, 0.1) is 12.1 Å². The second kappa shape index (κ2) is 25.9. The van der Waals surface area contributed by atoms with E-state index in [1.54, 1.807) is 50.4 Å². The summed E-state index contributed by atoms with van der Waals surface area (Å²) in [7, 11) is 2.08. The van der Waals surface area contributed by atoms with Gasteiger partial charge in [0.2, 0.25) is 41.4 Å². The van der Waals surface area contributed by atoms with Crippen LogP contribution in [0.2, 0.25) is 0 Å². The maximum absolute atomic E-state index is 14.4. The molecule has 22 heteroatoms. The fourth-order valence-corrected chi connectivity index (χ4v) is 9.24. The average Bonchev–Trinajstić information content (AvgIpc) is 3.69. The van der Waals surface area contributed by atoms with E-state index in [0.717, 1.165) is 32.5 Å². The number of carboxylic acids is 1. The van der Waals surface area contributed by atoms with Crippen molar-refractivity contribution in [3.63, 3.8) is 0 Å². The standard InChI is InChI=1S/C44H62N10O10S2/c1-23(2)35-42(61)52-34(44(63)64)22-66-65-21-29(46)38(57)51-32(18-26-12-6-5-7-13-26)40(59)48-24(3)37(56)50-33(19-27-20-47-30-15-9-8-14-28(27)30)41(60)49-31(16-10-11-17-45)39(58)54-36(25(4)55)43(62)53-35/h5-9,12-15,20,23-25,29,31-36,47,55H,10-11,16-19,21-22,45-46H2,1-4H3,(H,48,59)(H,49,60)(H,50,56)(H,51,57)(H,52,61)(H,53,62)(H,54,58)(H,63,64)/t24-,25+,29-,31-,32-,33-,34-,35-,36-/m0/s1. The number of hydrogen-bond donors (Lipinski definition) is 12. The van der Waals surface area contributed by atoms with Crippen molar-refractivity contribution in [2.45, 2.75) is 114 Å². The molecule has 1 aliphatic heterocycles. The summed E-state index contributed by atoms with van der Waals surface area (Å²) in [6.45, 7) is 6.14. The van der Waals surface area contributed by atoms with E-state index in [1.165, 1.54) is 13.8 Å². The molecule has 4 rings (SSSR count). The summed E-state index contributed by atoms with van der Waals surface area (Å²) in [5, 5.41) is 39.7. The molecular weight excluding hydrogens is 893 g/mol. The molecule has 360 valence electrons. The predicted molar refractivity (Wildman–Crippen MR) is 251 cm³/mol. The Labute approximate surface area is 390 Å². The Morgan fingerprint density at radius 3 is 1.92 bits per heavy atom. The monoisotopic (exact) mass is 954 g/mol. The van der Waals surface area contributed by atoms with Gasteiger partial charge in [-0.2, -0.15) is 0 Å². The van der Waals surface area contributed by atoms with Crippen LogP contribution in [0.3, 0.4) is 0 Å². The zero-order chi connectivity index (χ0) is 48.5. The third-order valence-corrected chi connectivity index (χ3v) is 13.3. The number of nitrogens with two attached hydrogens (primary N) is 2. The molecule has 66 heavy (non-hydrogen) atoms. The summed E-state index contributed by atoms with van der Waals surface area (Å²) < 4.78 is 0. The zero-order valence-corrected chi connectivity index (χ0v) is 39.0. The van der Waals surface area contributed by atoms with E-state index in [1.807, 2.05) is 24.3 Å². The number of carbonyl (C=O) groups excluding carboxylic acids is 7. The van der Waals surface area contributed by atoms with Gasteiger partial charge < -0.3 is 63.9 Å². The van der Waals surface area contributed by atoms with E-state index in [0.29, 0.717) is 24.0 Å². The number of aliphatic hydroxyl groups is 1. The van der Waals surface area contributed by atoms with Crippen molar-refractivity contribution < 1.29 is 48.6 Å². The van der Waals surface area contributed by atoms with Crippen LogP contribution < -0.4 is 48.7 Å². The Morgan fingerprint density at radius 2 is 1.26 bits per heavy atom. The molecule has 7 amide bonds. The Kier molecular flexibility index (Phi) is 20.7. The molecule has 14 N–H and O–H groups in total. The van der Waals surface area contributed by atoms with Crippen molar-refractivity contribution in [1.29, 1.82) is 0 Å². The third kappa shape index (κ3) is 15.7. The van der Waals surface area contributed by atoms with Crippen LogP contribution in [-0.2, 0) is 51.2 Å². The summed E-state index contributed by atoms with van der Waals surface area (Å²) in [5.74, 6) is -7.83. The maximum atomic E-state index is 14.4. The number of carbonyl (C=O) groups is 8. The molecule has 1 aromatic heterocycles. The van der Waals surface area contributed by atoms with Gasteiger partial charge in [-0.25, -0.2) is 4.79 Å². The number of aromatic amines is 1. The molecular formula is C44H62N10O10S2. The van der Waals surface area contributed by atoms with Crippen LogP contribution in [0, 0.1) is 5.92 Å². The van der Waals surface area contributed by atoms with Crippen LogP contribution in [-0.4, -0.2) is 135 Å². The van der Waals surface area contributed by atoms with Crippen molar-refractivity contribution in [3.8, 4) is 0 Å². The number of H-pyrrole nitrogens is 1. The predicted octanol–water partition coefficient (Wildman–Crippen LogP) is -0.661. The highest BCUT2D eigenvalue weighted by molar-refractivity contribution is 8.76. The number of amides is 7. The summed E-state index contributed by atoms with van der Waals surface area (Å²) in [4.78, 5) is 112. The van der Waals surface area contributed by atoms with Gasteiger partial charge in [0.15, 0.2) is 0 Å². The van der Waals surface area contributed by atoms with Crippen molar-refractivity contribution in [2.75, 3.05) is 18.1 Å². The SMILES string of the molecule is CC(C)[C@@H]1NC(=O)[C@H]([C@@H](C)O)NC(=O)[C@H](CCCCN)NC(=O)[C@H](Cc2c[nH]c3ccccc23)NC(=O)[C@H](C)NC(=O)[C@H](Cc2ccccc2)NC(=O)[C@@H](N)CSSC[C@@H](C(=O)O)NC1=O. The van der Waals surface area contributed by atoms with Gasteiger partial charge in [0.25, 0.3) is 0 Å². The lowest BCUT2D eigenvalue weighted by Crippen LogP contribution is -2.62. The summed E-state index contributed by atoms with van der Waals surface area (Å²) in [6.07, 6.45) is 0.979. The highest BCUT2D eigenvalue weighted by atomic mass is 33.1. The quantitative estimate of drug-likeness (QED) is 0.0839. The molecule has 0 aliphatic carbocycles. The minimum absolute atomic E-state index is 0.0221. The number of hydrogen-bond acceptors (Lipinski definition) is 13. The van der Waals surface area contributed by atoms with E-state index in [-0.39, 0.29) is 37.3 Å². The fourth-order valence-electron chi connectivity index (χ4n) is 6.96. The Hall–Kier alpha value is -5.68. The number of aromatic nitrogens is 1. The summed E-state index contributed by atoms with van der Waals surface area (Å²) in [6, 6.07) is 5.45. The van der Waals surface area contributed by atoms with Crippen LogP contribution >= 0.6 is 21.6 Å². The van der Waals surface area contributed by atoms with Crippen LogP contribution in [0.4, 0.5) is 0 Å². The van der Waals surface area contributed by atoms with Gasteiger partial charge in [-0.05, 0) is 62.8 Å². The molecule has 3 aromatic rings. The first-order valence-corrected chi connectivity index (χ1v) is 24.2. The highest BCUT2D eigenvalue weighted by Gasteiger charge is 2.36. The van der Waals surface area contributed by atoms with Gasteiger partial charge in [-0.15, -0.1) is 0 Å². The molecule has 0 radical (unpaired) electrons. The van der Waals surface area contributed by atoms with E-state index in [4.69, 9.17) is 11.5 Å². The lowest BCUT2D eigenvalue weighted by atomic mass is 10.0. The third-order valence-electron chi connectivity index (χ3n) is 10.8. The van der Waals surface area contributed by atoms with Crippen LogP contribution in [0.5, 0.6) is 0 Å². The van der Waals surface area contributed by atoms with E-state index in [2.05, 4.69) is 42.2 Å². The highest BCUT2D eigenvalue weighted by Crippen LogP contribution is 2.23. The molecule has 2 aromatic carbocycles. The number of para-hydroxylation sites is 1. The Bertz CT molecular complexity index is 2160. The largest absolute Gasteiger partial charge is 0.480 e. The maximum Gasteiger partial charge on any atom is 0.327 e. The second-order valence-electron chi connectivity index (χ2n) is 16.5. The number of aliphatic carboxylic acids is 1. The first kappa shape index (κ1) is 52.9.